The zero-order chi connectivity index (χ0) is 23.3. The summed E-state index contributed by atoms with van der Waals surface area (Å²) in [5.41, 5.74) is 11.2. The lowest BCUT2D eigenvalue weighted by Gasteiger charge is -2.41. The lowest BCUT2D eigenvalue weighted by molar-refractivity contribution is 0.0474. The SMILES string of the molecule is COc1ccccc1-c1nc(-c2cc3c(cc2N)C=CC2(CCN(C)CC2)O3)nn2cccc12. The van der Waals surface area contributed by atoms with Gasteiger partial charge in [-0.3, -0.25) is 0 Å². The molecule has 34 heavy (non-hydrogen) atoms. The normalized spacial score (nSPS) is 17.0. The van der Waals surface area contributed by atoms with Gasteiger partial charge in [-0.15, -0.1) is 5.10 Å². The summed E-state index contributed by atoms with van der Waals surface area (Å²) < 4.78 is 14.0. The summed E-state index contributed by atoms with van der Waals surface area (Å²) in [5, 5.41) is 4.78. The largest absolute Gasteiger partial charge is 0.496 e. The standard InChI is InChI=1S/C27H27N5O2/c1-31-14-11-27(12-15-31)10-9-18-16-21(28)20(17-24(18)34-27)26-29-25(22-7-5-13-32(22)30-26)19-6-3-4-8-23(19)33-2/h3-10,13,16-17H,11-12,14-15,28H2,1-2H3. The van der Waals surface area contributed by atoms with Crippen molar-refractivity contribution < 1.29 is 9.47 Å². The Labute approximate surface area is 198 Å². The van der Waals surface area contributed by atoms with Crippen molar-refractivity contribution in [3.63, 3.8) is 0 Å². The van der Waals surface area contributed by atoms with Crippen LogP contribution in [0.5, 0.6) is 11.5 Å². The van der Waals surface area contributed by atoms with Gasteiger partial charge in [0.15, 0.2) is 5.82 Å². The predicted molar refractivity (Wildman–Crippen MR) is 134 cm³/mol. The average Bonchev–Trinajstić information content (AvgIpc) is 3.34. The molecule has 4 aromatic rings. The Bertz CT molecular complexity index is 1420. The fourth-order valence-corrected chi connectivity index (χ4v) is 4.87. The Kier molecular flexibility index (Phi) is 4.81. The minimum Gasteiger partial charge on any atom is -0.496 e. The second-order valence-corrected chi connectivity index (χ2v) is 9.10. The number of nitrogen functional groups attached to an aromatic ring is 1. The predicted octanol–water partition coefficient (Wildman–Crippen LogP) is 4.52. The first kappa shape index (κ1) is 20.7. The molecule has 0 radical (unpaired) electrons. The Hall–Kier alpha value is -3.84. The number of likely N-dealkylation sites (tertiary alicyclic amines) is 1. The summed E-state index contributed by atoms with van der Waals surface area (Å²) in [6.07, 6.45) is 8.18. The van der Waals surface area contributed by atoms with Crippen molar-refractivity contribution in [3.05, 3.63) is 66.4 Å². The lowest BCUT2D eigenvalue weighted by atomic mass is 9.88. The highest BCUT2D eigenvalue weighted by Crippen LogP contribution is 2.41. The van der Waals surface area contributed by atoms with Gasteiger partial charge in [0.25, 0.3) is 0 Å². The molecule has 0 aliphatic carbocycles. The third-order valence-electron chi connectivity index (χ3n) is 6.89. The molecule has 7 nitrogen and oxygen atoms in total. The Morgan fingerprint density at radius 1 is 1.06 bits per heavy atom. The van der Waals surface area contributed by atoms with Crippen molar-refractivity contribution in [3.8, 4) is 34.1 Å². The fraction of sp³-hybridized carbons (Fsp3) is 0.259. The molecule has 172 valence electrons. The van der Waals surface area contributed by atoms with Crippen molar-refractivity contribution in [1.29, 1.82) is 0 Å². The number of para-hydroxylation sites is 1. The minimum atomic E-state index is -0.263. The van der Waals surface area contributed by atoms with Crippen LogP contribution in [0.2, 0.25) is 0 Å². The van der Waals surface area contributed by atoms with Gasteiger partial charge in [-0.1, -0.05) is 18.2 Å². The number of fused-ring (bicyclic) bond motifs is 2. The molecule has 0 bridgehead atoms. The van der Waals surface area contributed by atoms with Crippen LogP contribution in [0.4, 0.5) is 5.69 Å². The van der Waals surface area contributed by atoms with E-state index in [0.717, 1.165) is 65.3 Å². The zero-order valence-electron chi connectivity index (χ0n) is 19.4. The Morgan fingerprint density at radius 2 is 1.88 bits per heavy atom. The van der Waals surface area contributed by atoms with Gasteiger partial charge in [-0.25, -0.2) is 9.50 Å². The quantitative estimate of drug-likeness (QED) is 0.460. The van der Waals surface area contributed by atoms with E-state index in [2.05, 4.69) is 24.1 Å². The summed E-state index contributed by atoms with van der Waals surface area (Å²) in [6, 6.07) is 15.8. The third-order valence-corrected chi connectivity index (χ3v) is 6.89. The van der Waals surface area contributed by atoms with E-state index in [1.807, 2.05) is 59.2 Å². The van der Waals surface area contributed by atoms with Crippen molar-refractivity contribution in [1.82, 2.24) is 19.5 Å². The molecule has 0 saturated carbocycles. The molecule has 1 fully saturated rings. The number of nitrogens with zero attached hydrogens (tertiary/aromatic N) is 4. The van der Waals surface area contributed by atoms with Crippen LogP contribution in [-0.4, -0.2) is 52.3 Å². The van der Waals surface area contributed by atoms with Gasteiger partial charge in [-0.2, -0.15) is 0 Å². The van der Waals surface area contributed by atoms with Crippen molar-refractivity contribution in [2.24, 2.45) is 0 Å². The number of piperidine rings is 1. The lowest BCUT2D eigenvalue weighted by Crippen LogP contribution is -2.46. The highest BCUT2D eigenvalue weighted by molar-refractivity contribution is 5.84. The monoisotopic (exact) mass is 453 g/mol. The molecule has 2 aliphatic heterocycles. The number of hydrogen-bond acceptors (Lipinski definition) is 6. The third kappa shape index (κ3) is 3.40. The number of methoxy groups -OCH3 is 1. The number of aromatic nitrogens is 3. The average molecular weight is 454 g/mol. The van der Waals surface area contributed by atoms with Gasteiger partial charge in [-0.05, 0) is 49.5 Å². The summed E-state index contributed by atoms with van der Waals surface area (Å²) in [5.74, 6) is 2.12. The first-order valence-electron chi connectivity index (χ1n) is 11.5. The summed E-state index contributed by atoms with van der Waals surface area (Å²) in [6.45, 7) is 2.02. The molecular formula is C27H27N5O2. The van der Waals surface area contributed by atoms with E-state index in [1.54, 1.807) is 7.11 Å². The highest BCUT2D eigenvalue weighted by Gasteiger charge is 2.36. The smallest absolute Gasteiger partial charge is 0.182 e. The first-order valence-corrected chi connectivity index (χ1v) is 11.5. The van der Waals surface area contributed by atoms with Crippen LogP contribution in [0.1, 0.15) is 18.4 Å². The Balaban J connectivity index is 1.47. The van der Waals surface area contributed by atoms with Crippen LogP contribution in [0.3, 0.4) is 0 Å². The van der Waals surface area contributed by atoms with Crippen LogP contribution in [0, 0.1) is 0 Å². The minimum absolute atomic E-state index is 0.263. The maximum absolute atomic E-state index is 6.60. The Morgan fingerprint density at radius 3 is 2.71 bits per heavy atom. The molecule has 2 aromatic carbocycles. The molecule has 0 amide bonds. The van der Waals surface area contributed by atoms with E-state index in [9.17, 15) is 0 Å². The number of nitrogens with two attached hydrogens (primary N) is 1. The number of ether oxygens (including phenoxy) is 2. The molecule has 2 aliphatic rings. The number of benzene rings is 2. The molecule has 0 unspecified atom stereocenters. The number of anilines is 1. The van der Waals surface area contributed by atoms with E-state index >= 15 is 0 Å². The highest BCUT2D eigenvalue weighted by atomic mass is 16.5. The van der Waals surface area contributed by atoms with E-state index in [4.69, 9.17) is 25.3 Å². The van der Waals surface area contributed by atoms with Crippen molar-refractivity contribution >= 4 is 17.3 Å². The molecule has 7 heteroatoms. The summed E-state index contributed by atoms with van der Waals surface area (Å²) >= 11 is 0. The molecule has 6 rings (SSSR count). The first-order chi connectivity index (χ1) is 16.5. The van der Waals surface area contributed by atoms with Crippen LogP contribution >= 0.6 is 0 Å². The van der Waals surface area contributed by atoms with E-state index in [1.165, 1.54) is 0 Å². The van der Waals surface area contributed by atoms with Crippen LogP contribution in [-0.2, 0) is 0 Å². The molecule has 0 atom stereocenters. The van der Waals surface area contributed by atoms with Crippen LogP contribution in [0.25, 0.3) is 34.2 Å². The molecule has 1 spiro atoms. The van der Waals surface area contributed by atoms with Gasteiger partial charge < -0.3 is 20.1 Å². The molecular weight excluding hydrogens is 426 g/mol. The van der Waals surface area contributed by atoms with Gasteiger partial charge in [0.2, 0.25) is 0 Å². The molecule has 2 N–H and O–H groups in total. The fourth-order valence-electron chi connectivity index (χ4n) is 4.87. The number of rotatable bonds is 3. The van der Waals surface area contributed by atoms with E-state index in [-0.39, 0.29) is 5.60 Å². The molecule has 1 saturated heterocycles. The zero-order valence-corrected chi connectivity index (χ0v) is 19.4. The number of hydrogen-bond donors (Lipinski definition) is 1. The summed E-state index contributed by atoms with van der Waals surface area (Å²) in [4.78, 5) is 7.31. The van der Waals surface area contributed by atoms with Gasteiger partial charge in [0.1, 0.15) is 22.8 Å². The maximum Gasteiger partial charge on any atom is 0.182 e. The van der Waals surface area contributed by atoms with E-state index < -0.39 is 0 Å². The molecule has 2 aromatic heterocycles. The molecule has 4 heterocycles. The maximum atomic E-state index is 6.60. The second-order valence-electron chi connectivity index (χ2n) is 9.10. The van der Waals surface area contributed by atoms with E-state index in [0.29, 0.717) is 11.5 Å². The van der Waals surface area contributed by atoms with Crippen molar-refractivity contribution in [2.75, 3.05) is 33.0 Å². The topological polar surface area (TPSA) is 77.9 Å². The second kappa shape index (κ2) is 7.88. The summed E-state index contributed by atoms with van der Waals surface area (Å²) in [7, 11) is 3.82. The van der Waals surface area contributed by atoms with Crippen LogP contribution < -0.4 is 15.2 Å². The van der Waals surface area contributed by atoms with Crippen molar-refractivity contribution in [2.45, 2.75) is 18.4 Å². The van der Waals surface area contributed by atoms with Gasteiger partial charge in [0.05, 0.1) is 12.6 Å². The van der Waals surface area contributed by atoms with Crippen LogP contribution in [0.15, 0.2) is 60.8 Å². The van der Waals surface area contributed by atoms with Gasteiger partial charge >= 0.3 is 0 Å². The van der Waals surface area contributed by atoms with Gasteiger partial charge in [0, 0.05) is 54.5 Å².